The molecule has 4 rings (SSSR count). The number of carbonyl (C=O) groups excluding carboxylic acids is 1. The van der Waals surface area contributed by atoms with E-state index in [-0.39, 0.29) is 12.4 Å². The molecule has 0 aliphatic carbocycles. The number of esters is 1. The molecule has 0 aliphatic rings. The quantitative estimate of drug-likeness (QED) is 0.226. The molecule has 0 atom stereocenters. The van der Waals surface area contributed by atoms with Crippen LogP contribution in [0.3, 0.4) is 0 Å². The molecule has 2 heterocycles. The van der Waals surface area contributed by atoms with Crippen molar-refractivity contribution in [2.24, 2.45) is 0 Å². The Balaban J connectivity index is 1.54. The molecule has 0 aliphatic heterocycles. The van der Waals surface area contributed by atoms with Crippen LogP contribution in [0.2, 0.25) is 5.02 Å². The summed E-state index contributed by atoms with van der Waals surface area (Å²) in [5.41, 5.74) is 2.33. The number of carbonyl (C=O) groups is 1. The Morgan fingerprint density at radius 2 is 2.03 bits per heavy atom. The van der Waals surface area contributed by atoms with E-state index in [1.165, 1.54) is 7.11 Å². The van der Waals surface area contributed by atoms with Crippen LogP contribution in [-0.2, 0) is 21.0 Å². The minimum Gasteiger partial charge on any atom is -0.466 e. The molecule has 0 unspecified atom stereocenters. The molecule has 0 spiro atoms. The molecule has 2 aromatic carbocycles. The Morgan fingerprint density at radius 1 is 1.19 bits per heavy atom. The third-order valence-corrected chi connectivity index (χ3v) is 4.81. The van der Waals surface area contributed by atoms with Crippen LogP contribution in [-0.4, -0.2) is 39.6 Å². The maximum atomic E-state index is 11.6. The van der Waals surface area contributed by atoms with Crippen LogP contribution in [0.25, 0.3) is 33.7 Å². The zero-order chi connectivity index (χ0) is 21.8. The first kappa shape index (κ1) is 20.8. The monoisotopic (exact) mass is 442 g/mol. The standard InChI is InChI=1S/C21H19ClN4O5/c1-3-29-19(27)8-9-26-17-6-4-13(10-15(17)12-23-26)20-24-21(30-25-20)14-5-7-18(31-28-2)16(22)11-14/h4-7,10-12H,3,8-9H2,1-2H3. The molecular formula is C21H19ClN4O5. The number of rotatable bonds is 8. The Hall–Kier alpha value is -3.43. The molecule has 10 heteroatoms. The summed E-state index contributed by atoms with van der Waals surface area (Å²) in [5.74, 6) is 0.901. The van der Waals surface area contributed by atoms with Crippen LogP contribution in [0.1, 0.15) is 13.3 Å². The summed E-state index contributed by atoms with van der Waals surface area (Å²) in [7, 11) is 1.40. The zero-order valence-corrected chi connectivity index (χ0v) is 17.6. The average molecular weight is 443 g/mol. The van der Waals surface area contributed by atoms with Gasteiger partial charge in [0.05, 0.1) is 43.4 Å². The molecule has 0 N–H and O–H groups in total. The van der Waals surface area contributed by atoms with Crippen molar-refractivity contribution >= 4 is 28.5 Å². The summed E-state index contributed by atoms with van der Waals surface area (Å²) in [6, 6.07) is 10.8. The number of aromatic nitrogens is 4. The second-order valence-electron chi connectivity index (χ2n) is 6.51. The highest BCUT2D eigenvalue weighted by atomic mass is 35.5. The third kappa shape index (κ3) is 4.52. The van der Waals surface area contributed by atoms with Gasteiger partial charge in [-0.2, -0.15) is 15.0 Å². The van der Waals surface area contributed by atoms with Crippen LogP contribution >= 0.6 is 11.6 Å². The van der Waals surface area contributed by atoms with Crippen LogP contribution in [0.15, 0.2) is 47.1 Å². The summed E-state index contributed by atoms with van der Waals surface area (Å²) < 4.78 is 12.1. The van der Waals surface area contributed by atoms with Gasteiger partial charge < -0.3 is 14.1 Å². The summed E-state index contributed by atoms with van der Waals surface area (Å²) in [4.78, 5) is 25.6. The lowest BCUT2D eigenvalue weighted by Gasteiger charge is -2.04. The van der Waals surface area contributed by atoms with Crippen molar-refractivity contribution in [3.8, 4) is 28.6 Å². The maximum absolute atomic E-state index is 11.6. The lowest BCUT2D eigenvalue weighted by Crippen LogP contribution is -2.09. The first-order valence-corrected chi connectivity index (χ1v) is 9.92. The van der Waals surface area contributed by atoms with E-state index in [2.05, 4.69) is 20.1 Å². The Bertz CT molecular complexity index is 1220. The molecular weight excluding hydrogens is 424 g/mol. The second kappa shape index (κ2) is 9.15. The number of hydrogen-bond donors (Lipinski definition) is 0. The van der Waals surface area contributed by atoms with Crippen molar-refractivity contribution in [2.75, 3.05) is 13.7 Å². The van der Waals surface area contributed by atoms with Gasteiger partial charge in [0, 0.05) is 16.5 Å². The Morgan fingerprint density at radius 3 is 2.81 bits per heavy atom. The van der Waals surface area contributed by atoms with E-state index < -0.39 is 0 Å². The SMILES string of the molecule is CCOC(=O)CCn1ncc2cc(-c3noc(-c4ccc(OOC)c(Cl)c4)n3)ccc21. The third-order valence-electron chi connectivity index (χ3n) is 4.51. The molecule has 160 valence electrons. The van der Waals surface area contributed by atoms with E-state index in [0.29, 0.717) is 41.2 Å². The minimum atomic E-state index is -0.246. The molecule has 31 heavy (non-hydrogen) atoms. The van der Waals surface area contributed by atoms with E-state index >= 15 is 0 Å². The number of aryl methyl sites for hydroxylation is 1. The molecule has 0 amide bonds. The zero-order valence-electron chi connectivity index (χ0n) is 16.9. The van der Waals surface area contributed by atoms with E-state index in [1.807, 2.05) is 18.2 Å². The molecule has 0 saturated heterocycles. The van der Waals surface area contributed by atoms with Crippen molar-refractivity contribution < 1.29 is 23.8 Å². The van der Waals surface area contributed by atoms with Crippen molar-refractivity contribution in [3.05, 3.63) is 47.6 Å². The molecule has 0 saturated carbocycles. The summed E-state index contributed by atoms with van der Waals surface area (Å²) in [6.07, 6.45) is 2.00. The average Bonchev–Trinajstić information content (AvgIpc) is 3.41. The Labute approximate surface area is 182 Å². The van der Waals surface area contributed by atoms with Gasteiger partial charge in [-0.15, -0.1) is 0 Å². The van der Waals surface area contributed by atoms with Crippen molar-refractivity contribution in [3.63, 3.8) is 0 Å². The first-order valence-electron chi connectivity index (χ1n) is 9.55. The number of benzene rings is 2. The lowest BCUT2D eigenvalue weighted by atomic mass is 10.1. The predicted molar refractivity (Wildman–Crippen MR) is 112 cm³/mol. The summed E-state index contributed by atoms with van der Waals surface area (Å²) in [5, 5.41) is 9.68. The van der Waals surface area contributed by atoms with Crippen LogP contribution < -0.4 is 4.89 Å². The maximum Gasteiger partial charge on any atom is 0.307 e. The van der Waals surface area contributed by atoms with Crippen LogP contribution in [0.5, 0.6) is 5.75 Å². The number of ether oxygens (including phenoxy) is 1. The van der Waals surface area contributed by atoms with Gasteiger partial charge in [0.1, 0.15) is 0 Å². The predicted octanol–water partition coefficient (Wildman–Crippen LogP) is 4.30. The highest BCUT2D eigenvalue weighted by Gasteiger charge is 2.14. The van der Waals surface area contributed by atoms with Gasteiger partial charge in [-0.05, 0) is 43.3 Å². The van der Waals surface area contributed by atoms with Crippen molar-refractivity contribution in [1.29, 1.82) is 0 Å². The molecule has 0 radical (unpaired) electrons. The van der Waals surface area contributed by atoms with E-state index in [1.54, 1.807) is 36.0 Å². The fraction of sp³-hybridized carbons (Fsp3) is 0.238. The van der Waals surface area contributed by atoms with Crippen molar-refractivity contribution in [1.82, 2.24) is 19.9 Å². The van der Waals surface area contributed by atoms with E-state index in [4.69, 9.17) is 25.7 Å². The normalized spacial score (nSPS) is 11.1. The molecule has 0 bridgehead atoms. The van der Waals surface area contributed by atoms with Crippen molar-refractivity contribution in [2.45, 2.75) is 19.9 Å². The largest absolute Gasteiger partial charge is 0.466 e. The summed E-state index contributed by atoms with van der Waals surface area (Å²) in [6.45, 7) is 2.59. The molecule has 2 aromatic heterocycles. The van der Waals surface area contributed by atoms with Gasteiger partial charge in [0.15, 0.2) is 5.75 Å². The molecule has 9 nitrogen and oxygen atoms in total. The minimum absolute atomic E-state index is 0.246. The number of nitrogens with zero attached hydrogens (tertiary/aromatic N) is 4. The fourth-order valence-electron chi connectivity index (χ4n) is 3.08. The number of halogens is 1. The summed E-state index contributed by atoms with van der Waals surface area (Å²) >= 11 is 6.18. The van der Waals surface area contributed by atoms with Gasteiger partial charge >= 0.3 is 5.97 Å². The lowest BCUT2D eigenvalue weighted by molar-refractivity contribution is -0.178. The van der Waals surface area contributed by atoms with Gasteiger partial charge in [0.25, 0.3) is 5.89 Å². The van der Waals surface area contributed by atoms with Crippen LogP contribution in [0.4, 0.5) is 0 Å². The van der Waals surface area contributed by atoms with Gasteiger partial charge in [-0.25, -0.2) is 0 Å². The smallest absolute Gasteiger partial charge is 0.307 e. The van der Waals surface area contributed by atoms with Gasteiger partial charge in [-0.1, -0.05) is 16.8 Å². The van der Waals surface area contributed by atoms with E-state index in [9.17, 15) is 4.79 Å². The molecule has 0 fully saturated rings. The second-order valence-corrected chi connectivity index (χ2v) is 6.92. The van der Waals surface area contributed by atoms with E-state index in [0.717, 1.165) is 16.5 Å². The molecule has 4 aromatic rings. The topological polar surface area (TPSA) is 102 Å². The number of fused-ring (bicyclic) bond motifs is 1. The van der Waals surface area contributed by atoms with Gasteiger partial charge in [0.2, 0.25) is 5.82 Å². The fourth-order valence-corrected chi connectivity index (χ4v) is 3.30. The highest BCUT2D eigenvalue weighted by molar-refractivity contribution is 6.32. The number of hydrogen-bond acceptors (Lipinski definition) is 8. The Kier molecular flexibility index (Phi) is 6.15. The highest BCUT2D eigenvalue weighted by Crippen LogP contribution is 2.31. The van der Waals surface area contributed by atoms with Gasteiger partial charge in [-0.3, -0.25) is 9.48 Å². The first-order chi connectivity index (χ1) is 15.1. The van der Waals surface area contributed by atoms with Crippen LogP contribution in [0, 0.1) is 0 Å².